The van der Waals surface area contributed by atoms with Crippen molar-refractivity contribution in [3.8, 4) is 0 Å². The molecule has 0 aromatic carbocycles. The first-order valence-corrected chi connectivity index (χ1v) is 12.6. The van der Waals surface area contributed by atoms with E-state index >= 15 is 0 Å². The first-order chi connectivity index (χ1) is 15.1. The number of hydrogen-bond donors (Lipinski definition) is 0. The summed E-state index contributed by atoms with van der Waals surface area (Å²) in [6.45, 7) is 6.46. The molecule has 0 bridgehead atoms. The number of rotatable bonds is 19. The average Bonchev–Trinajstić information content (AvgIpc) is 2.79. The number of carbonyl (C=O) groups excluding carboxylic acids is 2. The Morgan fingerprint density at radius 1 is 0.710 bits per heavy atom. The van der Waals surface area contributed by atoms with E-state index in [-0.39, 0.29) is 30.2 Å². The van der Waals surface area contributed by atoms with Crippen molar-refractivity contribution in [2.45, 2.75) is 110 Å². The van der Waals surface area contributed by atoms with Gasteiger partial charge in [-0.15, -0.1) is 0 Å². The molecule has 0 atom stereocenters. The molecular weight excluding hydrogens is 396 g/mol. The highest BCUT2D eigenvalue weighted by atomic mass is 16.7. The summed E-state index contributed by atoms with van der Waals surface area (Å²) in [4.78, 5) is 23.7. The number of carbonyl (C=O) groups is 2. The van der Waals surface area contributed by atoms with Crippen LogP contribution in [0.5, 0.6) is 0 Å². The van der Waals surface area contributed by atoms with Crippen molar-refractivity contribution in [2.75, 3.05) is 33.2 Å². The van der Waals surface area contributed by atoms with E-state index in [9.17, 15) is 9.59 Å². The summed E-state index contributed by atoms with van der Waals surface area (Å²) in [6.07, 6.45) is 15.8. The Kier molecular flexibility index (Phi) is 16.6. The van der Waals surface area contributed by atoms with Crippen LogP contribution in [0.25, 0.3) is 0 Å². The van der Waals surface area contributed by atoms with Gasteiger partial charge in [-0.25, -0.2) is 0 Å². The Balaban J connectivity index is 1.90. The van der Waals surface area contributed by atoms with Gasteiger partial charge >= 0.3 is 11.9 Å². The van der Waals surface area contributed by atoms with Crippen LogP contribution in [0, 0.1) is 5.41 Å². The zero-order valence-corrected chi connectivity index (χ0v) is 20.1. The highest BCUT2D eigenvalue weighted by Crippen LogP contribution is 2.26. The van der Waals surface area contributed by atoms with Crippen LogP contribution in [-0.4, -0.2) is 45.2 Å². The summed E-state index contributed by atoms with van der Waals surface area (Å²) >= 11 is 0. The largest absolute Gasteiger partial charge is 0.466 e. The molecule has 0 aliphatic carbocycles. The lowest BCUT2D eigenvalue weighted by Crippen LogP contribution is -2.41. The molecule has 1 heterocycles. The molecule has 0 unspecified atom stereocenters. The maximum atomic E-state index is 11.9. The number of hydrogen-bond acceptors (Lipinski definition) is 6. The molecule has 1 rings (SSSR count). The van der Waals surface area contributed by atoms with Crippen LogP contribution in [-0.2, 0) is 28.5 Å². The fraction of sp³-hybridized carbons (Fsp3) is 0.920. The minimum absolute atomic E-state index is 0.223. The predicted molar refractivity (Wildman–Crippen MR) is 122 cm³/mol. The fourth-order valence-electron chi connectivity index (χ4n) is 3.71. The summed E-state index contributed by atoms with van der Waals surface area (Å²) in [7, 11) is 0. The maximum absolute atomic E-state index is 11.9. The molecule has 0 aromatic rings. The molecule has 0 saturated carbocycles. The van der Waals surface area contributed by atoms with E-state index < -0.39 is 0 Å². The number of unbranched alkanes of at least 4 members (excludes halogenated alkanes) is 10. The summed E-state index contributed by atoms with van der Waals surface area (Å²) in [6, 6.07) is 0. The number of ether oxygens (including phenoxy) is 4. The second-order valence-corrected chi connectivity index (χ2v) is 8.94. The minimum Gasteiger partial charge on any atom is -0.466 e. The lowest BCUT2D eigenvalue weighted by Gasteiger charge is -2.35. The molecule has 6 heteroatoms. The smallest absolute Gasteiger partial charge is 0.305 e. The zero-order chi connectivity index (χ0) is 22.6. The van der Waals surface area contributed by atoms with Crippen molar-refractivity contribution in [2.24, 2.45) is 5.41 Å². The van der Waals surface area contributed by atoms with Gasteiger partial charge in [-0.05, 0) is 19.3 Å². The molecule has 0 spiro atoms. The van der Waals surface area contributed by atoms with E-state index in [1.54, 1.807) is 0 Å². The van der Waals surface area contributed by atoms with E-state index in [2.05, 4.69) is 6.92 Å². The monoisotopic (exact) mass is 442 g/mol. The SMILES string of the molecule is CCCCCCCCCCCCCOC(=O)CCCC(=O)OCC1(CC)COCOC1. The van der Waals surface area contributed by atoms with E-state index in [1.165, 1.54) is 57.8 Å². The van der Waals surface area contributed by atoms with Crippen LogP contribution < -0.4 is 0 Å². The Bertz CT molecular complexity index is 459. The van der Waals surface area contributed by atoms with Crippen molar-refractivity contribution in [1.29, 1.82) is 0 Å². The van der Waals surface area contributed by atoms with Gasteiger partial charge in [0.2, 0.25) is 0 Å². The van der Waals surface area contributed by atoms with Gasteiger partial charge in [0.05, 0.1) is 25.2 Å². The van der Waals surface area contributed by atoms with Crippen LogP contribution in [0.2, 0.25) is 0 Å². The third-order valence-electron chi connectivity index (χ3n) is 6.05. The van der Waals surface area contributed by atoms with Gasteiger partial charge in [-0.1, -0.05) is 78.1 Å². The average molecular weight is 443 g/mol. The van der Waals surface area contributed by atoms with E-state index in [0.717, 1.165) is 19.3 Å². The van der Waals surface area contributed by atoms with Crippen molar-refractivity contribution in [3.05, 3.63) is 0 Å². The Labute approximate surface area is 189 Å². The van der Waals surface area contributed by atoms with Crippen molar-refractivity contribution in [3.63, 3.8) is 0 Å². The van der Waals surface area contributed by atoms with Gasteiger partial charge in [-0.2, -0.15) is 0 Å². The Morgan fingerprint density at radius 2 is 1.23 bits per heavy atom. The first-order valence-electron chi connectivity index (χ1n) is 12.6. The summed E-state index contributed by atoms with van der Waals surface area (Å²) in [5.74, 6) is -0.504. The van der Waals surface area contributed by atoms with Crippen LogP contribution in [0.15, 0.2) is 0 Å². The molecule has 1 fully saturated rings. The molecule has 0 N–H and O–H groups in total. The molecule has 31 heavy (non-hydrogen) atoms. The minimum atomic E-state index is -0.281. The maximum Gasteiger partial charge on any atom is 0.305 e. The summed E-state index contributed by atoms with van der Waals surface area (Å²) < 4.78 is 21.3. The van der Waals surface area contributed by atoms with Gasteiger partial charge in [0.15, 0.2) is 0 Å². The van der Waals surface area contributed by atoms with Crippen LogP contribution in [0.1, 0.15) is 110 Å². The highest BCUT2D eigenvalue weighted by Gasteiger charge is 2.33. The molecule has 0 radical (unpaired) electrons. The zero-order valence-electron chi connectivity index (χ0n) is 20.1. The lowest BCUT2D eigenvalue weighted by molar-refractivity contribution is -0.187. The third-order valence-corrected chi connectivity index (χ3v) is 6.05. The molecule has 6 nitrogen and oxygen atoms in total. The predicted octanol–water partition coefficient (Wildman–Crippen LogP) is 5.95. The van der Waals surface area contributed by atoms with Crippen LogP contribution in [0.3, 0.4) is 0 Å². The normalized spacial score (nSPS) is 15.5. The van der Waals surface area contributed by atoms with Gasteiger partial charge in [-0.3, -0.25) is 9.59 Å². The second-order valence-electron chi connectivity index (χ2n) is 8.94. The Hall–Kier alpha value is -1.14. The Morgan fingerprint density at radius 3 is 1.77 bits per heavy atom. The lowest BCUT2D eigenvalue weighted by atomic mass is 9.87. The number of esters is 2. The van der Waals surface area contributed by atoms with Crippen LogP contribution in [0.4, 0.5) is 0 Å². The summed E-state index contributed by atoms with van der Waals surface area (Å²) in [5.41, 5.74) is -0.249. The summed E-state index contributed by atoms with van der Waals surface area (Å²) in [5, 5.41) is 0. The first kappa shape index (κ1) is 27.9. The topological polar surface area (TPSA) is 71.1 Å². The fourth-order valence-corrected chi connectivity index (χ4v) is 3.71. The van der Waals surface area contributed by atoms with Crippen molar-refractivity contribution < 1.29 is 28.5 Å². The molecule has 0 amide bonds. The van der Waals surface area contributed by atoms with Gasteiger partial charge < -0.3 is 18.9 Å². The van der Waals surface area contributed by atoms with Crippen molar-refractivity contribution in [1.82, 2.24) is 0 Å². The standard InChI is InChI=1S/C25H46O6/c1-3-5-6-7-8-9-10-11-12-13-14-18-30-23(26)16-15-17-24(27)31-21-25(4-2)19-28-22-29-20-25/h3-22H2,1-2H3. The second kappa shape index (κ2) is 18.4. The molecule has 182 valence electrons. The highest BCUT2D eigenvalue weighted by molar-refractivity contribution is 5.72. The van der Waals surface area contributed by atoms with Crippen molar-refractivity contribution >= 4 is 11.9 Å². The third kappa shape index (κ3) is 14.5. The molecule has 0 aromatic heterocycles. The molecule has 1 aliphatic heterocycles. The van der Waals surface area contributed by atoms with Crippen LogP contribution >= 0.6 is 0 Å². The van der Waals surface area contributed by atoms with Gasteiger partial charge in [0.25, 0.3) is 0 Å². The van der Waals surface area contributed by atoms with Gasteiger partial charge in [0.1, 0.15) is 13.4 Å². The van der Waals surface area contributed by atoms with E-state index in [4.69, 9.17) is 18.9 Å². The quantitative estimate of drug-likeness (QED) is 0.182. The molecule has 1 aliphatic rings. The molecular formula is C25H46O6. The van der Waals surface area contributed by atoms with E-state index in [1.807, 2.05) is 6.92 Å². The van der Waals surface area contributed by atoms with Gasteiger partial charge in [0, 0.05) is 12.8 Å². The van der Waals surface area contributed by atoms with E-state index in [0.29, 0.717) is 39.6 Å². The molecule has 1 saturated heterocycles.